The minimum Gasteiger partial charge on any atom is -0.497 e. The summed E-state index contributed by atoms with van der Waals surface area (Å²) in [4.78, 5) is 25.5. The molecule has 6 aromatic carbocycles. The molecule has 8 aromatic rings. The lowest BCUT2D eigenvalue weighted by molar-refractivity contribution is -0.118. The second-order valence-electron chi connectivity index (χ2n) is 16.2. The zero-order valence-electron chi connectivity index (χ0n) is 40.8. The van der Waals surface area contributed by atoms with E-state index < -0.39 is 0 Å². The molecule has 17 heteroatoms. The van der Waals surface area contributed by atoms with Crippen molar-refractivity contribution in [2.45, 2.75) is 62.9 Å². The molecule has 15 nitrogen and oxygen atoms in total. The highest BCUT2D eigenvalue weighted by Crippen LogP contribution is 2.29. The summed E-state index contributed by atoms with van der Waals surface area (Å²) in [6.45, 7) is 9.34. The first kappa shape index (κ1) is 51.1. The predicted molar refractivity (Wildman–Crippen MR) is 284 cm³/mol. The number of hydrogen-bond donors (Lipinski definition) is 4. The number of para-hydroxylation sites is 1. The number of amides is 2. The second-order valence-corrected chi connectivity index (χ2v) is 18.5. The number of rotatable bonds is 20. The normalized spacial score (nSPS) is 11.1. The van der Waals surface area contributed by atoms with Crippen LogP contribution in [0, 0.1) is 20.8 Å². The van der Waals surface area contributed by atoms with Crippen LogP contribution >= 0.6 is 23.5 Å². The van der Waals surface area contributed by atoms with Crippen LogP contribution in [-0.4, -0.2) is 73.7 Å². The fraction of sp³-hybridized carbons (Fsp3) is 0.222. The molecule has 1 unspecified atom stereocenters. The highest BCUT2D eigenvalue weighted by atomic mass is 32.2. The van der Waals surface area contributed by atoms with Crippen LogP contribution in [0.3, 0.4) is 0 Å². The molecule has 8 rings (SSSR count). The number of benzene rings is 6. The van der Waals surface area contributed by atoms with Gasteiger partial charge in [-0.25, -0.2) is 0 Å². The van der Waals surface area contributed by atoms with E-state index in [1.807, 2.05) is 163 Å². The number of hydrogen-bond acceptors (Lipinski definition) is 13. The van der Waals surface area contributed by atoms with Gasteiger partial charge in [-0.1, -0.05) is 89.8 Å². The zero-order valence-corrected chi connectivity index (χ0v) is 42.4. The lowest BCUT2D eigenvalue weighted by Crippen LogP contribution is -2.24. The van der Waals surface area contributed by atoms with Gasteiger partial charge in [-0.3, -0.25) is 18.7 Å². The number of thioether (sulfide) groups is 2. The Morgan fingerprint density at radius 2 is 1.04 bits per heavy atom. The van der Waals surface area contributed by atoms with Crippen LogP contribution in [0.5, 0.6) is 17.2 Å². The third-order valence-corrected chi connectivity index (χ3v) is 13.1. The van der Waals surface area contributed by atoms with Crippen molar-refractivity contribution < 1.29 is 23.8 Å². The zero-order chi connectivity index (χ0) is 50.1. The van der Waals surface area contributed by atoms with Gasteiger partial charge in [0.25, 0.3) is 0 Å². The van der Waals surface area contributed by atoms with Crippen LogP contribution in [-0.2, 0) is 29.2 Å². The molecule has 0 aliphatic heterocycles. The topological polar surface area (TPSA) is 171 Å². The van der Waals surface area contributed by atoms with Crippen LogP contribution in [0.1, 0.15) is 40.8 Å². The van der Waals surface area contributed by atoms with E-state index in [4.69, 9.17) is 14.2 Å². The second kappa shape index (κ2) is 25.2. The van der Waals surface area contributed by atoms with Gasteiger partial charge in [0.05, 0.1) is 45.4 Å². The Morgan fingerprint density at radius 1 is 0.563 bits per heavy atom. The third kappa shape index (κ3) is 14.2. The van der Waals surface area contributed by atoms with Gasteiger partial charge >= 0.3 is 0 Å². The number of aryl methyl sites for hydroxylation is 3. The molecule has 2 amide bonds. The number of nitrogens with one attached hydrogen (secondary N) is 4. The smallest absolute Gasteiger partial charge is 0.237 e. The van der Waals surface area contributed by atoms with Gasteiger partial charge in [-0.15, -0.1) is 20.4 Å². The maximum absolute atomic E-state index is 13.1. The summed E-state index contributed by atoms with van der Waals surface area (Å²) in [6.07, 6.45) is 0. The van der Waals surface area contributed by atoms with Crippen molar-refractivity contribution in [1.82, 2.24) is 34.8 Å². The van der Waals surface area contributed by atoms with Gasteiger partial charge in [0.1, 0.15) is 17.2 Å². The largest absolute Gasteiger partial charge is 0.497 e. The Labute approximate surface area is 423 Å². The lowest BCUT2D eigenvalue weighted by atomic mass is 10.1. The summed E-state index contributed by atoms with van der Waals surface area (Å²) < 4.78 is 19.7. The van der Waals surface area contributed by atoms with Crippen molar-refractivity contribution >= 4 is 52.4 Å². The van der Waals surface area contributed by atoms with Gasteiger partial charge < -0.3 is 35.5 Å². The molecule has 0 radical (unpaired) electrons. The summed E-state index contributed by atoms with van der Waals surface area (Å²) >= 11 is 2.73. The molecule has 71 heavy (non-hydrogen) atoms. The Balaban J connectivity index is 0.000000209. The molecule has 0 bridgehead atoms. The maximum atomic E-state index is 13.1. The molecular weight excluding hydrogens is 933 g/mol. The van der Waals surface area contributed by atoms with Gasteiger partial charge in [0.15, 0.2) is 22.0 Å². The Hall–Kier alpha value is -7.76. The molecule has 1 atom stereocenters. The Bertz CT molecular complexity index is 2950. The number of nitrogens with zero attached hydrogens (tertiary/aromatic N) is 6. The molecule has 0 saturated carbocycles. The fourth-order valence-electron chi connectivity index (χ4n) is 7.15. The molecule has 0 fully saturated rings. The van der Waals surface area contributed by atoms with Gasteiger partial charge in [0, 0.05) is 35.0 Å². The van der Waals surface area contributed by atoms with E-state index in [-0.39, 0.29) is 22.8 Å². The SMILES string of the molecule is COc1ccc(NCc2nnc(SC(C)C(=O)Nc3c(C)cccc3C)n2-c2ccc(C)cc2)cc1.COc1ccc(NCc2nnc(SCC(=O)NCc3ccccc3)n2-c2ccc(OC)cc2)cc1. The lowest BCUT2D eigenvalue weighted by Gasteiger charge is -2.16. The van der Waals surface area contributed by atoms with E-state index in [0.717, 1.165) is 74.0 Å². The van der Waals surface area contributed by atoms with E-state index in [9.17, 15) is 9.59 Å². The van der Waals surface area contributed by atoms with Crippen molar-refractivity contribution in [1.29, 1.82) is 0 Å². The minimum absolute atomic E-state index is 0.0685. The molecule has 2 aromatic heterocycles. The molecule has 0 aliphatic rings. The van der Waals surface area contributed by atoms with Crippen LogP contribution in [0.2, 0.25) is 0 Å². The maximum Gasteiger partial charge on any atom is 0.237 e. The summed E-state index contributed by atoms with van der Waals surface area (Å²) in [6, 6.07) is 47.1. The fourth-order valence-corrected chi connectivity index (χ4v) is 8.84. The van der Waals surface area contributed by atoms with E-state index in [0.29, 0.717) is 29.9 Å². The standard InChI is InChI=1S/C28H31N5O2S.C26H27N5O3S/c1-18-9-13-23(14-10-18)33-25(17-29-22-11-15-24(35-5)16-12-22)31-32-28(33)36-21(4)27(34)30-26-19(2)7-6-8-20(26)3;1-33-22-12-8-20(9-13-22)27-17-24-29-30-26(31(24)21-10-14-23(34-2)15-11-21)35-18-25(32)28-16-19-6-4-3-5-7-19/h6-16,21,29H,17H2,1-5H3,(H,30,34);3-15,27H,16-18H2,1-2H3,(H,28,32). The number of anilines is 3. The van der Waals surface area contributed by atoms with Gasteiger partial charge in [-0.2, -0.15) is 0 Å². The number of aromatic nitrogens is 6. The van der Waals surface area contributed by atoms with Crippen molar-refractivity contribution in [3.05, 3.63) is 179 Å². The summed E-state index contributed by atoms with van der Waals surface area (Å²) in [5.74, 6) is 3.91. The van der Waals surface area contributed by atoms with Crippen molar-refractivity contribution in [3.8, 4) is 28.6 Å². The van der Waals surface area contributed by atoms with Crippen LogP contribution in [0.15, 0.2) is 156 Å². The highest BCUT2D eigenvalue weighted by Gasteiger charge is 2.23. The van der Waals surface area contributed by atoms with Crippen LogP contribution in [0.4, 0.5) is 17.1 Å². The van der Waals surface area contributed by atoms with Gasteiger partial charge in [0.2, 0.25) is 11.8 Å². The quantitative estimate of drug-likeness (QED) is 0.0533. The molecule has 2 heterocycles. The summed E-state index contributed by atoms with van der Waals surface area (Å²) in [5.41, 5.74) is 8.87. The molecule has 0 spiro atoms. The predicted octanol–water partition coefficient (Wildman–Crippen LogP) is 10.2. The molecule has 0 aliphatic carbocycles. The average Bonchev–Trinajstić information content (AvgIpc) is 4.01. The molecule has 4 N–H and O–H groups in total. The van der Waals surface area contributed by atoms with Crippen molar-refractivity contribution in [2.24, 2.45) is 0 Å². The van der Waals surface area contributed by atoms with Crippen LogP contribution < -0.4 is 35.5 Å². The molecule has 366 valence electrons. The number of carbonyl (C=O) groups excluding carboxylic acids is 2. The minimum atomic E-state index is -0.375. The van der Waals surface area contributed by atoms with Crippen LogP contribution in [0.25, 0.3) is 11.4 Å². The van der Waals surface area contributed by atoms with E-state index in [2.05, 4.69) is 60.7 Å². The molecule has 0 saturated heterocycles. The highest BCUT2D eigenvalue weighted by molar-refractivity contribution is 8.00. The average molecular weight is 991 g/mol. The number of carbonyl (C=O) groups is 2. The molecular formula is C54H58N10O5S2. The Kier molecular flexibility index (Phi) is 18.1. The first-order valence-corrected chi connectivity index (χ1v) is 24.7. The summed E-state index contributed by atoms with van der Waals surface area (Å²) in [7, 11) is 4.92. The van der Waals surface area contributed by atoms with Crippen molar-refractivity contribution in [3.63, 3.8) is 0 Å². The number of ether oxygens (including phenoxy) is 3. The number of methoxy groups -OCH3 is 3. The first-order valence-electron chi connectivity index (χ1n) is 22.8. The van der Waals surface area contributed by atoms with Gasteiger partial charge in [-0.05, 0) is 129 Å². The third-order valence-electron chi connectivity index (χ3n) is 11.2. The van der Waals surface area contributed by atoms with E-state index in [1.165, 1.54) is 29.1 Å². The van der Waals surface area contributed by atoms with E-state index in [1.54, 1.807) is 21.3 Å². The monoisotopic (exact) mass is 990 g/mol. The van der Waals surface area contributed by atoms with Crippen molar-refractivity contribution in [2.75, 3.05) is 43.0 Å². The first-order chi connectivity index (χ1) is 34.5. The Morgan fingerprint density at radius 3 is 1.56 bits per heavy atom. The van der Waals surface area contributed by atoms with E-state index >= 15 is 0 Å². The summed E-state index contributed by atoms with van der Waals surface area (Å²) in [5, 5.41) is 31.4.